The predicted octanol–water partition coefficient (Wildman–Crippen LogP) is 1.40. The van der Waals surface area contributed by atoms with Gasteiger partial charge >= 0.3 is 0 Å². The Morgan fingerprint density at radius 2 is 1.89 bits per heavy atom. The highest BCUT2D eigenvalue weighted by Gasteiger charge is 2.12. The Morgan fingerprint density at radius 1 is 1.22 bits per heavy atom. The Morgan fingerprint density at radius 3 is 2.56 bits per heavy atom. The van der Waals surface area contributed by atoms with Gasteiger partial charge in [0.05, 0.1) is 0 Å². The first-order valence-corrected chi connectivity index (χ1v) is 5.59. The number of benzene rings is 1. The lowest BCUT2D eigenvalue weighted by atomic mass is 10.2. The third kappa shape index (κ3) is 2.63. The summed E-state index contributed by atoms with van der Waals surface area (Å²) in [5.41, 5.74) is 7.08. The zero-order valence-electron chi connectivity index (χ0n) is 10.2. The van der Waals surface area contributed by atoms with Crippen molar-refractivity contribution in [1.29, 1.82) is 5.41 Å². The number of rotatable bonds is 4. The average Bonchev–Trinajstić information content (AvgIpc) is 2.40. The average molecular weight is 241 g/mol. The van der Waals surface area contributed by atoms with Crippen molar-refractivity contribution in [1.82, 2.24) is 9.97 Å². The van der Waals surface area contributed by atoms with E-state index in [1.165, 1.54) is 11.8 Å². The second kappa shape index (κ2) is 5.27. The molecule has 0 amide bonds. The predicted molar refractivity (Wildman–Crippen MR) is 71.6 cm³/mol. The topological polar surface area (TPSA) is 78.9 Å². The second-order valence-corrected chi connectivity index (χ2v) is 3.98. The summed E-state index contributed by atoms with van der Waals surface area (Å²) >= 11 is 0. The molecule has 0 fully saturated rings. The van der Waals surface area contributed by atoms with Crippen molar-refractivity contribution in [3.8, 4) is 0 Å². The van der Waals surface area contributed by atoms with Gasteiger partial charge in [-0.25, -0.2) is 9.97 Å². The molecule has 0 saturated carbocycles. The number of nitrogens with two attached hydrogens (primary N) is 1. The number of amidine groups is 1. The van der Waals surface area contributed by atoms with Crippen molar-refractivity contribution in [2.75, 3.05) is 11.9 Å². The second-order valence-electron chi connectivity index (χ2n) is 3.98. The third-order valence-electron chi connectivity index (χ3n) is 2.56. The van der Waals surface area contributed by atoms with Crippen molar-refractivity contribution in [3.63, 3.8) is 0 Å². The number of nitrogen functional groups attached to an aromatic ring is 1. The van der Waals surface area contributed by atoms with Crippen LogP contribution in [0.15, 0.2) is 42.7 Å². The number of anilines is 1. The van der Waals surface area contributed by atoms with Gasteiger partial charge in [-0.15, -0.1) is 0 Å². The van der Waals surface area contributed by atoms with Gasteiger partial charge < -0.3 is 10.6 Å². The molecule has 0 spiro atoms. The van der Waals surface area contributed by atoms with Crippen molar-refractivity contribution in [2.24, 2.45) is 5.73 Å². The number of nitrogens with one attached hydrogen (secondary N) is 1. The van der Waals surface area contributed by atoms with Crippen LogP contribution >= 0.6 is 0 Å². The van der Waals surface area contributed by atoms with Gasteiger partial charge in [0.15, 0.2) is 5.82 Å². The van der Waals surface area contributed by atoms with Crippen molar-refractivity contribution < 1.29 is 0 Å². The molecule has 0 aliphatic carbocycles. The number of aromatic nitrogens is 2. The maximum atomic E-state index is 7.50. The summed E-state index contributed by atoms with van der Waals surface area (Å²) in [4.78, 5) is 10.3. The summed E-state index contributed by atoms with van der Waals surface area (Å²) in [6.45, 7) is 0.694. The summed E-state index contributed by atoms with van der Waals surface area (Å²) < 4.78 is 0. The fourth-order valence-corrected chi connectivity index (χ4v) is 1.73. The molecule has 92 valence electrons. The summed E-state index contributed by atoms with van der Waals surface area (Å²) in [7, 11) is 1.91. The van der Waals surface area contributed by atoms with E-state index in [1.54, 1.807) is 6.20 Å². The van der Waals surface area contributed by atoms with Gasteiger partial charge in [-0.05, 0) is 5.56 Å². The van der Waals surface area contributed by atoms with Crippen LogP contribution < -0.4 is 10.6 Å². The first-order valence-electron chi connectivity index (χ1n) is 5.59. The molecule has 5 nitrogen and oxygen atoms in total. The van der Waals surface area contributed by atoms with Crippen LogP contribution in [0.25, 0.3) is 0 Å². The van der Waals surface area contributed by atoms with Crippen molar-refractivity contribution >= 4 is 11.7 Å². The van der Waals surface area contributed by atoms with E-state index in [9.17, 15) is 0 Å². The zero-order chi connectivity index (χ0) is 13.0. The Kier molecular flexibility index (Phi) is 3.52. The molecule has 1 aromatic heterocycles. The quantitative estimate of drug-likeness (QED) is 0.626. The van der Waals surface area contributed by atoms with Gasteiger partial charge in [0.25, 0.3) is 0 Å². The molecule has 5 heteroatoms. The molecule has 0 aliphatic rings. The maximum Gasteiger partial charge on any atom is 0.158 e. The first kappa shape index (κ1) is 12.0. The summed E-state index contributed by atoms with van der Waals surface area (Å²) in [6, 6.07) is 10.0. The van der Waals surface area contributed by atoms with Gasteiger partial charge in [-0.1, -0.05) is 30.3 Å². The molecule has 0 unspecified atom stereocenters. The molecule has 0 bridgehead atoms. The third-order valence-corrected chi connectivity index (χ3v) is 2.56. The van der Waals surface area contributed by atoms with E-state index in [2.05, 4.69) is 9.97 Å². The Labute approximate surface area is 106 Å². The van der Waals surface area contributed by atoms with E-state index < -0.39 is 0 Å². The van der Waals surface area contributed by atoms with Gasteiger partial charge in [-0.2, -0.15) is 0 Å². The monoisotopic (exact) mass is 241 g/mol. The smallest absolute Gasteiger partial charge is 0.158 e. The number of hydrogen-bond donors (Lipinski definition) is 2. The highest BCUT2D eigenvalue weighted by atomic mass is 15.2. The molecule has 0 atom stereocenters. The molecule has 2 aromatic rings. The van der Waals surface area contributed by atoms with Crippen LogP contribution in [0.5, 0.6) is 0 Å². The highest BCUT2D eigenvalue weighted by molar-refractivity contribution is 5.97. The molecule has 2 rings (SSSR count). The van der Waals surface area contributed by atoms with Crippen molar-refractivity contribution in [3.05, 3.63) is 54.0 Å². The van der Waals surface area contributed by atoms with Crippen LogP contribution in [-0.2, 0) is 6.54 Å². The normalized spacial score (nSPS) is 10.1. The van der Waals surface area contributed by atoms with E-state index in [-0.39, 0.29) is 5.84 Å². The minimum absolute atomic E-state index is 0.0713. The van der Waals surface area contributed by atoms with Gasteiger partial charge in [0.1, 0.15) is 11.5 Å². The Hall–Kier alpha value is -2.43. The highest BCUT2D eigenvalue weighted by Crippen LogP contribution is 2.15. The fourth-order valence-electron chi connectivity index (χ4n) is 1.73. The minimum Gasteiger partial charge on any atom is -0.382 e. The lowest BCUT2D eigenvalue weighted by Gasteiger charge is -2.19. The van der Waals surface area contributed by atoms with E-state index in [4.69, 9.17) is 11.1 Å². The standard InChI is InChI=1S/C13H15N5/c1-18(9-10-5-3-2-4-6-10)13-11(12(14)15)16-7-8-17-13/h2-8H,9H2,1H3,(H3,14,15). The molecule has 3 N–H and O–H groups in total. The summed E-state index contributed by atoms with van der Waals surface area (Å²) in [5.74, 6) is 0.548. The van der Waals surface area contributed by atoms with E-state index in [0.717, 1.165) is 0 Å². The van der Waals surface area contributed by atoms with Crippen molar-refractivity contribution in [2.45, 2.75) is 6.54 Å². The number of hydrogen-bond acceptors (Lipinski definition) is 4. The van der Waals surface area contributed by atoms with Crippen LogP contribution in [0.3, 0.4) is 0 Å². The molecule has 0 saturated heterocycles. The largest absolute Gasteiger partial charge is 0.382 e. The van der Waals surface area contributed by atoms with E-state index >= 15 is 0 Å². The van der Waals surface area contributed by atoms with Crippen LogP contribution in [0, 0.1) is 5.41 Å². The molecule has 1 aromatic carbocycles. The lowest BCUT2D eigenvalue weighted by molar-refractivity contribution is 0.886. The van der Waals surface area contributed by atoms with Gasteiger partial charge in [0, 0.05) is 26.0 Å². The van der Waals surface area contributed by atoms with Crippen LogP contribution in [-0.4, -0.2) is 22.9 Å². The maximum absolute atomic E-state index is 7.50. The summed E-state index contributed by atoms with van der Waals surface area (Å²) in [5, 5.41) is 7.50. The summed E-state index contributed by atoms with van der Waals surface area (Å²) in [6.07, 6.45) is 3.14. The Bertz CT molecular complexity index is 538. The SMILES string of the molecule is CN(Cc1ccccc1)c1nccnc1C(=N)N. The first-order chi connectivity index (χ1) is 8.68. The molecule has 0 radical (unpaired) electrons. The van der Waals surface area contributed by atoms with E-state index in [1.807, 2.05) is 42.3 Å². The van der Waals surface area contributed by atoms with E-state index in [0.29, 0.717) is 18.1 Å². The molecule has 1 heterocycles. The van der Waals surface area contributed by atoms with Gasteiger partial charge in [0.2, 0.25) is 0 Å². The molecular weight excluding hydrogens is 226 g/mol. The van der Waals surface area contributed by atoms with Crippen LogP contribution in [0.2, 0.25) is 0 Å². The lowest BCUT2D eigenvalue weighted by Crippen LogP contribution is -2.24. The number of nitrogens with zero attached hydrogens (tertiary/aromatic N) is 3. The van der Waals surface area contributed by atoms with Crippen LogP contribution in [0.4, 0.5) is 5.82 Å². The molecular formula is C13H15N5. The van der Waals surface area contributed by atoms with Crippen LogP contribution in [0.1, 0.15) is 11.3 Å². The minimum atomic E-state index is -0.0713. The molecule has 18 heavy (non-hydrogen) atoms. The molecule has 0 aliphatic heterocycles. The fraction of sp³-hybridized carbons (Fsp3) is 0.154. The zero-order valence-corrected chi connectivity index (χ0v) is 10.2. The Balaban J connectivity index is 2.24. The van der Waals surface area contributed by atoms with Gasteiger partial charge in [-0.3, -0.25) is 5.41 Å².